The Kier molecular flexibility index (Phi) is 8.53. The molecule has 7 nitrogen and oxygen atoms in total. The van der Waals surface area contributed by atoms with Crippen molar-refractivity contribution >= 4 is 5.96 Å². The van der Waals surface area contributed by atoms with Crippen molar-refractivity contribution in [2.75, 3.05) is 19.6 Å². The second kappa shape index (κ2) is 11.6. The number of fused-ring (bicyclic) bond motifs is 1. The third-order valence-electron chi connectivity index (χ3n) is 5.33. The van der Waals surface area contributed by atoms with Gasteiger partial charge in [-0.3, -0.25) is 0 Å². The fraction of sp³-hybridized carbons (Fsp3) is 0.609. The topological polar surface area (TPSA) is 76.4 Å². The highest BCUT2D eigenvalue weighted by Gasteiger charge is 2.14. The standard InChI is InChI=1S/C23H36N6O/c1-4-24-23(26-17-19(3)30-20-12-8-7-11-18(20)2)25-15-10-14-22-28-27-21-13-6-5-9-16-29(21)22/h7-8,11-12,19H,4-6,9-10,13-17H2,1-3H3,(H2,24,25,26). The van der Waals surface area contributed by atoms with Gasteiger partial charge in [0.2, 0.25) is 0 Å². The van der Waals surface area contributed by atoms with Crippen LogP contribution in [0.1, 0.15) is 56.7 Å². The lowest BCUT2D eigenvalue weighted by Crippen LogP contribution is -2.38. The highest BCUT2D eigenvalue weighted by atomic mass is 16.5. The molecule has 0 radical (unpaired) electrons. The van der Waals surface area contributed by atoms with E-state index in [-0.39, 0.29) is 6.10 Å². The molecule has 3 rings (SSSR count). The molecule has 2 heterocycles. The van der Waals surface area contributed by atoms with Crippen molar-refractivity contribution in [1.82, 2.24) is 25.4 Å². The van der Waals surface area contributed by atoms with Crippen molar-refractivity contribution in [3.63, 3.8) is 0 Å². The molecule has 2 aromatic rings. The highest BCUT2D eigenvalue weighted by Crippen LogP contribution is 2.18. The maximum Gasteiger partial charge on any atom is 0.191 e. The Balaban J connectivity index is 1.45. The first kappa shape index (κ1) is 22.1. The van der Waals surface area contributed by atoms with Gasteiger partial charge in [-0.05, 0) is 51.7 Å². The van der Waals surface area contributed by atoms with Gasteiger partial charge in [-0.15, -0.1) is 10.2 Å². The molecule has 2 N–H and O–H groups in total. The predicted molar refractivity (Wildman–Crippen MR) is 121 cm³/mol. The number of nitrogens with zero attached hydrogens (tertiary/aromatic N) is 4. The number of hydrogen-bond donors (Lipinski definition) is 2. The van der Waals surface area contributed by atoms with Crippen LogP contribution in [-0.2, 0) is 19.4 Å². The molecule has 30 heavy (non-hydrogen) atoms. The van der Waals surface area contributed by atoms with Gasteiger partial charge in [-0.1, -0.05) is 24.6 Å². The molecule has 0 bridgehead atoms. The Bertz CT molecular complexity index is 816. The van der Waals surface area contributed by atoms with Gasteiger partial charge in [-0.25, -0.2) is 4.99 Å². The van der Waals surface area contributed by atoms with Crippen LogP contribution in [0.15, 0.2) is 29.3 Å². The number of para-hydroxylation sites is 1. The van der Waals surface area contributed by atoms with Gasteiger partial charge in [0.25, 0.3) is 0 Å². The zero-order valence-electron chi connectivity index (χ0n) is 18.7. The van der Waals surface area contributed by atoms with Crippen molar-refractivity contribution in [2.45, 2.75) is 71.9 Å². The van der Waals surface area contributed by atoms with Crippen molar-refractivity contribution < 1.29 is 4.74 Å². The number of hydrogen-bond acceptors (Lipinski definition) is 4. The van der Waals surface area contributed by atoms with Crippen LogP contribution >= 0.6 is 0 Å². The molecule has 1 aromatic carbocycles. The second-order valence-corrected chi connectivity index (χ2v) is 7.94. The third kappa shape index (κ3) is 6.47. The van der Waals surface area contributed by atoms with Gasteiger partial charge in [0.05, 0.1) is 6.54 Å². The quantitative estimate of drug-likeness (QED) is 0.376. The van der Waals surface area contributed by atoms with E-state index >= 15 is 0 Å². The molecule has 0 saturated heterocycles. The molecule has 1 aliphatic rings. The Morgan fingerprint density at radius 1 is 1.20 bits per heavy atom. The normalized spacial score (nSPS) is 15.2. The number of aromatic nitrogens is 3. The SMILES string of the molecule is CCNC(=NCC(C)Oc1ccccc1C)NCCCc1nnc2n1CCCCC2. The minimum Gasteiger partial charge on any atom is -0.489 e. The van der Waals surface area contributed by atoms with E-state index in [4.69, 9.17) is 9.73 Å². The third-order valence-corrected chi connectivity index (χ3v) is 5.33. The van der Waals surface area contributed by atoms with E-state index in [2.05, 4.69) is 52.2 Å². The number of aryl methyl sites for hydroxylation is 3. The smallest absolute Gasteiger partial charge is 0.191 e. The predicted octanol–water partition coefficient (Wildman–Crippen LogP) is 3.27. The van der Waals surface area contributed by atoms with Crippen LogP contribution in [0.25, 0.3) is 0 Å². The van der Waals surface area contributed by atoms with Crippen molar-refractivity contribution in [3.05, 3.63) is 41.5 Å². The number of benzene rings is 1. The number of nitrogens with one attached hydrogen (secondary N) is 2. The molecule has 0 spiro atoms. The summed E-state index contributed by atoms with van der Waals surface area (Å²) in [5, 5.41) is 15.6. The summed E-state index contributed by atoms with van der Waals surface area (Å²) < 4.78 is 8.36. The number of aliphatic imine (C=N–C) groups is 1. The molecule has 0 amide bonds. The van der Waals surface area contributed by atoms with Crippen LogP contribution in [0.2, 0.25) is 0 Å². The maximum atomic E-state index is 6.03. The van der Waals surface area contributed by atoms with E-state index in [9.17, 15) is 0 Å². The summed E-state index contributed by atoms with van der Waals surface area (Å²) in [4.78, 5) is 4.69. The van der Waals surface area contributed by atoms with E-state index in [0.29, 0.717) is 6.54 Å². The molecule has 0 saturated carbocycles. The first-order valence-electron chi connectivity index (χ1n) is 11.3. The lowest BCUT2D eigenvalue weighted by Gasteiger charge is -2.16. The first-order valence-corrected chi connectivity index (χ1v) is 11.3. The summed E-state index contributed by atoms with van der Waals surface area (Å²) in [5.41, 5.74) is 1.14. The van der Waals surface area contributed by atoms with E-state index in [1.54, 1.807) is 0 Å². The molecule has 0 fully saturated rings. The molecule has 7 heteroatoms. The summed E-state index contributed by atoms with van der Waals surface area (Å²) in [6.07, 6.45) is 6.76. The van der Waals surface area contributed by atoms with E-state index in [1.165, 1.54) is 19.3 Å². The van der Waals surface area contributed by atoms with Gasteiger partial charge in [0, 0.05) is 32.5 Å². The molecular formula is C23H36N6O. The van der Waals surface area contributed by atoms with Crippen LogP contribution < -0.4 is 15.4 Å². The average molecular weight is 413 g/mol. The van der Waals surface area contributed by atoms with Gasteiger partial charge in [-0.2, -0.15) is 0 Å². The van der Waals surface area contributed by atoms with Crippen molar-refractivity contribution in [3.8, 4) is 5.75 Å². The van der Waals surface area contributed by atoms with E-state index in [1.807, 2.05) is 18.2 Å². The Morgan fingerprint density at radius 3 is 2.90 bits per heavy atom. The minimum atomic E-state index is 0.00741. The van der Waals surface area contributed by atoms with Gasteiger partial charge >= 0.3 is 0 Å². The Hall–Kier alpha value is -2.57. The lowest BCUT2D eigenvalue weighted by atomic mass is 10.2. The fourth-order valence-corrected chi connectivity index (χ4v) is 3.69. The average Bonchev–Trinajstić information content (AvgIpc) is 2.97. The van der Waals surface area contributed by atoms with Crippen LogP contribution in [0.5, 0.6) is 5.75 Å². The summed E-state index contributed by atoms with van der Waals surface area (Å²) >= 11 is 0. The molecule has 1 aromatic heterocycles. The fourth-order valence-electron chi connectivity index (χ4n) is 3.69. The van der Waals surface area contributed by atoms with Crippen LogP contribution in [0.3, 0.4) is 0 Å². The number of ether oxygens (including phenoxy) is 1. The van der Waals surface area contributed by atoms with Gasteiger partial charge in [0.15, 0.2) is 5.96 Å². The minimum absolute atomic E-state index is 0.00741. The van der Waals surface area contributed by atoms with Crippen molar-refractivity contribution in [1.29, 1.82) is 0 Å². The maximum absolute atomic E-state index is 6.03. The van der Waals surface area contributed by atoms with Crippen molar-refractivity contribution in [2.24, 2.45) is 4.99 Å². The summed E-state index contributed by atoms with van der Waals surface area (Å²) in [6, 6.07) is 8.09. The first-order chi connectivity index (χ1) is 14.7. The lowest BCUT2D eigenvalue weighted by molar-refractivity contribution is 0.228. The molecule has 1 aliphatic heterocycles. The van der Waals surface area contributed by atoms with Crippen LogP contribution in [0, 0.1) is 6.92 Å². The molecule has 164 valence electrons. The largest absolute Gasteiger partial charge is 0.489 e. The van der Waals surface area contributed by atoms with E-state index < -0.39 is 0 Å². The monoisotopic (exact) mass is 412 g/mol. The zero-order chi connectivity index (χ0) is 21.2. The summed E-state index contributed by atoms with van der Waals surface area (Å²) in [7, 11) is 0. The van der Waals surface area contributed by atoms with Gasteiger partial charge < -0.3 is 19.9 Å². The number of rotatable bonds is 9. The molecule has 0 aliphatic carbocycles. The highest BCUT2D eigenvalue weighted by molar-refractivity contribution is 5.79. The number of guanidine groups is 1. The Labute approximate surface area is 180 Å². The molecule has 1 atom stereocenters. The van der Waals surface area contributed by atoms with E-state index in [0.717, 1.165) is 67.8 Å². The zero-order valence-corrected chi connectivity index (χ0v) is 18.7. The Morgan fingerprint density at radius 2 is 2.07 bits per heavy atom. The van der Waals surface area contributed by atoms with Gasteiger partial charge in [0.1, 0.15) is 23.5 Å². The molecule has 1 unspecified atom stereocenters. The second-order valence-electron chi connectivity index (χ2n) is 7.94. The van der Waals surface area contributed by atoms with Crippen LogP contribution in [0.4, 0.5) is 0 Å². The molecular weight excluding hydrogens is 376 g/mol. The van der Waals surface area contributed by atoms with Crippen LogP contribution in [-0.4, -0.2) is 46.5 Å². The summed E-state index contributed by atoms with van der Waals surface area (Å²) in [5.74, 6) is 4.03. The summed E-state index contributed by atoms with van der Waals surface area (Å²) in [6.45, 7) is 9.53.